The number of fused-ring (bicyclic) bond motifs is 10. The van der Waals surface area contributed by atoms with Crippen LogP contribution in [-0.2, 0) is 5.41 Å². The van der Waals surface area contributed by atoms with Crippen LogP contribution in [-0.4, -0.2) is 4.57 Å². The van der Waals surface area contributed by atoms with Crippen molar-refractivity contribution in [2.45, 2.75) is 5.41 Å². The highest BCUT2D eigenvalue weighted by Gasteiger charge is 2.46. The lowest BCUT2D eigenvalue weighted by molar-refractivity contribution is 0.669. The van der Waals surface area contributed by atoms with Gasteiger partial charge in [-0.3, -0.25) is 0 Å². The number of rotatable bonds is 6. The molecular formula is C59H38N2O. The van der Waals surface area contributed by atoms with Crippen molar-refractivity contribution in [3.8, 4) is 16.8 Å². The SMILES string of the molecule is c1ccc(-n2c3ccccc3c3cc(N(c4ccc5c(c4)C(c4ccccc4)(c4ccccc4)c4cc6ccccc6cc4-5)c4ccc5c(c4)oc4ccccc45)ccc32)cc1. The highest BCUT2D eigenvalue weighted by molar-refractivity contribution is 6.11. The second kappa shape index (κ2) is 13.4. The molecular weight excluding hydrogens is 753 g/mol. The number of hydrogen-bond acceptors (Lipinski definition) is 2. The van der Waals surface area contributed by atoms with E-state index in [9.17, 15) is 0 Å². The number of hydrogen-bond donors (Lipinski definition) is 0. The molecule has 12 aromatic rings. The van der Waals surface area contributed by atoms with Gasteiger partial charge in [-0.25, -0.2) is 0 Å². The molecule has 0 saturated heterocycles. The summed E-state index contributed by atoms with van der Waals surface area (Å²) in [6, 6.07) is 84.2. The first-order valence-electron chi connectivity index (χ1n) is 21.3. The number of aromatic nitrogens is 1. The highest BCUT2D eigenvalue weighted by atomic mass is 16.3. The third-order valence-electron chi connectivity index (χ3n) is 13.2. The van der Waals surface area contributed by atoms with Crippen LogP contribution in [0.1, 0.15) is 22.3 Å². The smallest absolute Gasteiger partial charge is 0.137 e. The lowest BCUT2D eigenvalue weighted by atomic mass is 9.67. The van der Waals surface area contributed by atoms with Gasteiger partial charge in [-0.1, -0.05) is 146 Å². The van der Waals surface area contributed by atoms with Crippen molar-refractivity contribution in [2.75, 3.05) is 4.90 Å². The Hall–Kier alpha value is -8.14. The molecule has 0 N–H and O–H groups in total. The molecule has 2 aromatic heterocycles. The summed E-state index contributed by atoms with van der Waals surface area (Å²) >= 11 is 0. The van der Waals surface area contributed by atoms with Crippen molar-refractivity contribution in [3.05, 3.63) is 253 Å². The van der Waals surface area contributed by atoms with Gasteiger partial charge in [-0.15, -0.1) is 0 Å². The monoisotopic (exact) mass is 790 g/mol. The van der Waals surface area contributed by atoms with Crippen LogP contribution in [0.25, 0.3) is 71.3 Å². The summed E-state index contributed by atoms with van der Waals surface area (Å²) < 4.78 is 8.95. The molecule has 0 amide bonds. The van der Waals surface area contributed by atoms with Gasteiger partial charge in [0, 0.05) is 50.4 Å². The van der Waals surface area contributed by atoms with E-state index in [0.29, 0.717) is 0 Å². The zero-order valence-corrected chi connectivity index (χ0v) is 33.7. The fourth-order valence-corrected chi connectivity index (χ4v) is 10.6. The summed E-state index contributed by atoms with van der Waals surface area (Å²) in [7, 11) is 0. The second-order valence-corrected chi connectivity index (χ2v) is 16.5. The quantitative estimate of drug-likeness (QED) is 0.167. The van der Waals surface area contributed by atoms with Gasteiger partial charge in [0.2, 0.25) is 0 Å². The van der Waals surface area contributed by atoms with Crippen molar-refractivity contribution >= 4 is 71.6 Å². The Morgan fingerprint density at radius 1 is 0.355 bits per heavy atom. The van der Waals surface area contributed by atoms with E-state index in [2.05, 4.69) is 234 Å². The van der Waals surface area contributed by atoms with Crippen LogP contribution in [0.15, 0.2) is 235 Å². The number of para-hydroxylation sites is 3. The standard InChI is InChI=1S/C59H38N2O/c1-4-18-41(19-5-1)59(42-20-6-2-7-21-42)53-35-40-17-11-10-16-39(40)34-51(53)47-31-28-45(37-54(47)59)60(46-29-32-50-49-25-13-15-27-57(49)62-58(50)38-46)44-30-33-56-52(36-44)48-24-12-14-26-55(48)61(56)43-22-8-3-9-23-43/h1-38H. The summed E-state index contributed by atoms with van der Waals surface area (Å²) in [5.74, 6) is 0. The van der Waals surface area contributed by atoms with Crippen molar-refractivity contribution in [2.24, 2.45) is 0 Å². The van der Waals surface area contributed by atoms with Gasteiger partial charge in [0.1, 0.15) is 11.2 Å². The first-order chi connectivity index (χ1) is 30.7. The van der Waals surface area contributed by atoms with Crippen molar-refractivity contribution in [1.82, 2.24) is 4.57 Å². The van der Waals surface area contributed by atoms with Crippen molar-refractivity contribution in [3.63, 3.8) is 0 Å². The van der Waals surface area contributed by atoms with Gasteiger partial charge in [-0.05, 0) is 123 Å². The Labute approximate surface area is 359 Å². The molecule has 0 saturated carbocycles. The Balaban J connectivity index is 1.10. The molecule has 0 fully saturated rings. The number of benzene rings is 10. The predicted octanol–water partition coefficient (Wildman–Crippen LogP) is 15.7. The van der Waals surface area contributed by atoms with Crippen LogP contribution in [0.3, 0.4) is 0 Å². The van der Waals surface area contributed by atoms with Crippen molar-refractivity contribution in [1.29, 1.82) is 0 Å². The molecule has 3 heteroatoms. The summed E-state index contributed by atoms with van der Waals surface area (Å²) in [6.45, 7) is 0. The van der Waals surface area contributed by atoms with E-state index in [1.165, 1.54) is 60.4 Å². The summed E-state index contributed by atoms with van der Waals surface area (Å²) in [4.78, 5) is 2.42. The van der Waals surface area contributed by atoms with E-state index in [4.69, 9.17) is 4.42 Å². The Bertz CT molecular complexity index is 3660. The summed E-state index contributed by atoms with van der Waals surface area (Å²) in [6.07, 6.45) is 0. The molecule has 0 radical (unpaired) electrons. The molecule has 290 valence electrons. The molecule has 2 heterocycles. The molecule has 3 nitrogen and oxygen atoms in total. The summed E-state index contributed by atoms with van der Waals surface area (Å²) in [5.41, 5.74) is 15.4. The lowest BCUT2D eigenvalue weighted by Gasteiger charge is -2.35. The van der Waals surface area contributed by atoms with E-state index in [1.807, 2.05) is 6.07 Å². The zero-order chi connectivity index (χ0) is 40.8. The maximum Gasteiger partial charge on any atom is 0.137 e. The highest BCUT2D eigenvalue weighted by Crippen LogP contribution is 2.58. The topological polar surface area (TPSA) is 21.3 Å². The van der Waals surface area contributed by atoms with E-state index < -0.39 is 5.41 Å². The minimum Gasteiger partial charge on any atom is -0.456 e. The molecule has 0 aliphatic heterocycles. The van der Waals surface area contributed by atoms with Crippen LogP contribution in [0, 0.1) is 0 Å². The number of anilines is 3. The Kier molecular flexibility index (Phi) is 7.52. The largest absolute Gasteiger partial charge is 0.456 e. The third kappa shape index (κ3) is 5.00. The van der Waals surface area contributed by atoms with Crippen LogP contribution in [0.2, 0.25) is 0 Å². The Morgan fingerprint density at radius 3 is 1.68 bits per heavy atom. The van der Waals surface area contributed by atoms with E-state index >= 15 is 0 Å². The lowest BCUT2D eigenvalue weighted by Crippen LogP contribution is -2.28. The van der Waals surface area contributed by atoms with Crippen LogP contribution in [0.4, 0.5) is 17.1 Å². The van der Waals surface area contributed by atoms with Gasteiger partial charge >= 0.3 is 0 Å². The molecule has 0 unspecified atom stereocenters. The predicted molar refractivity (Wildman–Crippen MR) is 258 cm³/mol. The van der Waals surface area contributed by atoms with E-state index in [1.54, 1.807) is 0 Å². The number of nitrogens with zero attached hydrogens (tertiary/aromatic N) is 2. The second-order valence-electron chi connectivity index (χ2n) is 16.5. The van der Waals surface area contributed by atoms with E-state index in [-0.39, 0.29) is 0 Å². The van der Waals surface area contributed by atoms with Crippen LogP contribution < -0.4 is 4.90 Å². The molecule has 1 aliphatic rings. The van der Waals surface area contributed by atoms with Crippen LogP contribution in [0.5, 0.6) is 0 Å². The normalized spacial score (nSPS) is 13.0. The first-order valence-corrected chi connectivity index (χ1v) is 21.3. The maximum absolute atomic E-state index is 6.57. The van der Waals surface area contributed by atoms with Gasteiger partial charge in [0.05, 0.1) is 16.4 Å². The minimum atomic E-state index is -0.575. The molecule has 10 aromatic carbocycles. The van der Waals surface area contributed by atoms with Gasteiger partial charge in [0.15, 0.2) is 0 Å². The van der Waals surface area contributed by atoms with Crippen LogP contribution >= 0.6 is 0 Å². The number of furan rings is 1. The summed E-state index contributed by atoms with van der Waals surface area (Å²) in [5, 5.41) is 7.11. The molecule has 0 atom stereocenters. The first kappa shape index (κ1) is 34.7. The van der Waals surface area contributed by atoms with Gasteiger partial charge in [-0.2, -0.15) is 0 Å². The average Bonchev–Trinajstić information content (AvgIpc) is 3.97. The van der Waals surface area contributed by atoms with Gasteiger partial charge in [0.25, 0.3) is 0 Å². The zero-order valence-electron chi connectivity index (χ0n) is 33.7. The fraction of sp³-hybridized carbons (Fsp3) is 0.0169. The molecule has 13 rings (SSSR count). The van der Waals surface area contributed by atoms with E-state index in [0.717, 1.165) is 50.2 Å². The average molecular weight is 791 g/mol. The van der Waals surface area contributed by atoms with Crippen molar-refractivity contribution < 1.29 is 4.42 Å². The third-order valence-corrected chi connectivity index (χ3v) is 13.2. The molecule has 62 heavy (non-hydrogen) atoms. The molecule has 1 aliphatic carbocycles. The molecule has 0 bridgehead atoms. The molecule has 0 spiro atoms. The minimum absolute atomic E-state index is 0.575. The van der Waals surface area contributed by atoms with Gasteiger partial charge < -0.3 is 13.9 Å². The fourth-order valence-electron chi connectivity index (χ4n) is 10.6. The maximum atomic E-state index is 6.57. The Morgan fingerprint density at radius 2 is 0.903 bits per heavy atom.